The van der Waals surface area contributed by atoms with Crippen LogP contribution in [0.1, 0.15) is 59.2 Å². The summed E-state index contributed by atoms with van der Waals surface area (Å²) in [6, 6.07) is 10.4. The predicted molar refractivity (Wildman–Crippen MR) is 142 cm³/mol. The first kappa shape index (κ1) is 28.4. The summed E-state index contributed by atoms with van der Waals surface area (Å²) in [6.45, 7) is 1.58. The van der Waals surface area contributed by atoms with Gasteiger partial charge in [0.15, 0.2) is 0 Å². The van der Waals surface area contributed by atoms with Crippen LogP contribution >= 0.6 is 11.6 Å². The maximum absolute atomic E-state index is 13.4. The highest BCUT2D eigenvalue weighted by Gasteiger charge is 2.31. The average molecular weight is 532 g/mol. The molecular weight excluding hydrogens is 497 g/mol. The smallest absolute Gasteiger partial charge is 0.258 e. The molecule has 1 heterocycles. The van der Waals surface area contributed by atoms with Crippen molar-refractivity contribution in [2.24, 2.45) is 0 Å². The number of halogens is 2. The molecule has 0 aromatic heterocycles. The normalized spacial score (nSPS) is 17.3. The number of ether oxygens (including phenoxy) is 1. The Morgan fingerprint density at radius 1 is 1.11 bits per heavy atom. The van der Waals surface area contributed by atoms with E-state index >= 15 is 0 Å². The molecule has 0 N–H and O–H groups in total. The highest BCUT2D eigenvalue weighted by molar-refractivity contribution is 6.31. The summed E-state index contributed by atoms with van der Waals surface area (Å²) in [6.07, 6.45) is 4.35. The van der Waals surface area contributed by atoms with Crippen LogP contribution in [-0.2, 0) is 4.79 Å². The number of fused-ring (bicyclic) bond motifs is 1. The highest BCUT2D eigenvalue weighted by atomic mass is 35.5. The van der Waals surface area contributed by atoms with Crippen molar-refractivity contribution in [2.75, 3.05) is 40.8 Å². The molecule has 1 aliphatic heterocycles. The Balaban J connectivity index is 1.68. The zero-order valence-corrected chi connectivity index (χ0v) is 22.5. The first-order valence-corrected chi connectivity index (χ1v) is 13.0. The Bertz CT molecular complexity index is 1110. The maximum Gasteiger partial charge on any atom is 0.258 e. The summed E-state index contributed by atoms with van der Waals surface area (Å²) in [5.41, 5.74) is 0.750. The van der Waals surface area contributed by atoms with E-state index in [4.69, 9.17) is 16.3 Å². The Morgan fingerprint density at radius 2 is 1.86 bits per heavy atom. The van der Waals surface area contributed by atoms with Crippen molar-refractivity contribution in [3.63, 3.8) is 0 Å². The molecule has 0 unspecified atom stereocenters. The topological polar surface area (TPSA) is 70.2 Å². The molecule has 7 nitrogen and oxygen atoms in total. The van der Waals surface area contributed by atoms with Gasteiger partial charge >= 0.3 is 0 Å². The molecule has 0 bridgehead atoms. The molecule has 0 radical (unpaired) electrons. The molecule has 37 heavy (non-hydrogen) atoms. The van der Waals surface area contributed by atoms with Gasteiger partial charge in [-0.05, 0) is 68.9 Å². The summed E-state index contributed by atoms with van der Waals surface area (Å²) in [5, 5.41) is -0.0974. The van der Waals surface area contributed by atoms with Crippen LogP contribution < -0.4 is 4.74 Å². The van der Waals surface area contributed by atoms with E-state index < -0.39 is 11.9 Å². The SMILES string of the molecule is CN(CCCC[C@H]1C(=O)N(C)CCCCCOc2ccccc2C(=O)N1C)C(=O)c1ccc(F)c(Cl)c1. The number of hydrogen-bond donors (Lipinski definition) is 0. The van der Waals surface area contributed by atoms with Crippen molar-refractivity contribution in [3.05, 3.63) is 64.4 Å². The summed E-state index contributed by atoms with van der Waals surface area (Å²) in [5.74, 6) is -0.667. The summed E-state index contributed by atoms with van der Waals surface area (Å²) in [4.78, 5) is 44.2. The van der Waals surface area contributed by atoms with Gasteiger partial charge in [-0.2, -0.15) is 0 Å². The number of nitrogens with zero attached hydrogens (tertiary/aromatic N) is 3. The number of unbranched alkanes of at least 4 members (excludes halogenated alkanes) is 1. The second-order valence-corrected chi connectivity index (χ2v) is 9.86. The van der Waals surface area contributed by atoms with Gasteiger partial charge in [-0.15, -0.1) is 0 Å². The molecule has 0 saturated heterocycles. The number of carbonyl (C=O) groups is 3. The van der Waals surface area contributed by atoms with E-state index in [-0.39, 0.29) is 22.7 Å². The van der Waals surface area contributed by atoms with Gasteiger partial charge < -0.3 is 19.4 Å². The number of rotatable bonds is 6. The molecule has 0 aliphatic carbocycles. The van der Waals surface area contributed by atoms with Crippen LogP contribution in [0.15, 0.2) is 42.5 Å². The summed E-state index contributed by atoms with van der Waals surface area (Å²) in [7, 11) is 5.10. The zero-order chi connectivity index (χ0) is 26.9. The van der Waals surface area contributed by atoms with E-state index in [1.54, 1.807) is 49.1 Å². The van der Waals surface area contributed by atoms with E-state index in [0.29, 0.717) is 55.8 Å². The third-order valence-corrected chi connectivity index (χ3v) is 6.99. The van der Waals surface area contributed by atoms with Crippen LogP contribution in [-0.4, -0.2) is 79.3 Å². The minimum atomic E-state index is -0.636. The van der Waals surface area contributed by atoms with Crippen molar-refractivity contribution < 1.29 is 23.5 Å². The lowest BCUT2D eigenvalue weighted by molar-refractivity contribution is -0.134. The van der Waals surface area contributed by atoms with Gasteiger partial charge in [-0.25, -0.2) is 4.39 Å². The van der Waals surface area contributed by atoms with E-state index in [1.165, 1.54) is 23.1 Å². The van der Waals surface area contributed by atoms with Gasteiger partial charge in [0.1, 0.15) is 17.6 Å². The Labute approximate surface area is 223 Å². The van der Waals surface area contributed by atoms with Gasteiger partial charge in [0.2, 0.25) is 5.91 Å². The number of benzene rings is 2. The monoisotopic (exact) mass is 531 g/mol. The van der Waals surface area contributed by atoms with Crippen molar-refractivity contribution >= 4 is 29.3 Å². The van der Waals surface area contributed by atoms with Crippen LogP contribution in [0.2, 0.25) is 5.02 Å². The van der Waals surface area contributed by atoms with E-state index in [9.17, 15) is 18.8 Å². The van der Waals surface area contributed by atoms with E-state index in [1.807, 2.05) is 6.07 Å². The molecule has 200 valence electrons. The van der Waals surface area contributed by atoms with Crippen LogP contribution in [0.5, 0.6) is 5.75 Å². The molecule has 2 aromatic rings. The highest BCUT2D eigenvalue weighted by Crippen LogP contribution is 2.23. The van der Waals surface area contributed by atoms with Crippen molar-refractivity contribution in [1.29, 1.82) is 0 Å². The fourth-order valence-corrected chi connectivity index (χ4v) is 4.58. The minimum Gasteiger partial charge on any atom is -0.493 e. The zero-order valence-electron chi connectivity index (χ0n) is 21.7. The molecule has 0 saturated carbocycles. The fraction of sp³-hybridized carbons (Fsp3) is 0.464. The van der Waals surface area contributed by atoms with Gasteiger partial charge in [0.05, 0.1) is 17.2 Å². The molecule has 1 atom stereocenters. The molecule has 1 aliphatic rings. The first-order valence-electron chi connectivity index (χ1n) is 12.6. The molecule has 2 aromatic carbocycles. The van der Waals surface area contributed by atoms with Crippen LogP contribution in [0.4, 0.5) is 4.39 Å². The molecule has 9 heteroatoms. The largest absolute Gasteiger partial charge is 0.493 e. The van der Waals surface area contributed by atoms with E-state index in [0.717, 1.165) is 19.3 Å². The predicted octanol–water partition coefficient (Wildman–Crippen LogP) is 4.88. The third kappa shape index (κ3) is 7.44. The van der Waals surface area contributed by atoms with Crippen molar-refractivity contribution in [1.82, 2.24) is 14.7 Å². The number of para-hydroxylation sites is 1. The molecule has 0 spiro atoms. The Kier molecular flexibility index (Phi) is 10.3. The summed E-state index contributed by atoms with van der Waals surface area (Å²) >= 11 is 5.81. The second-order valence-electron chi connectivity index (χ2n) is 9.45. The van der Waals surface area contributed by atoms with Crippen molar-refractivity contribution in [3.8, 4) is 5.75 Å². The second kappa shape index (κ2) is 13.4. The van der Waals surface area contributed by atoms with Crippen LogP contribution in [0.25, 0.3) is 0 Å². The van der Waals surface area contributed by atoms with Gasteiger partial charge in [-0.1, -0.05) is 23.7 Å². The lowest BCUT2D eigenvalue weighted by Crippen LogP contribution is -2.48. The molecular formula is C28H35ClFN3O4. The lowest BCUT2D eigenvalue weighted by Gasteiger charge is -2.31. The lowest BCUT2D eigenvalue weighted by atomic mass is 10.0. The van der Waals surface area contributed by atoms with Crippen LogP contribution in [0, 0.1) is 5.82 Å². The first-order chi connectivity index (χ1) is 17.7. The third-order valence-electron chi connectivity index (χ3n) is 6.70. The van der Waals surface area contributed by atoms with Crippen LogP contribution in [0.3, 0.4) is 0 Å². The summed E-state index contributed by atoms with van der Waals surface area (Å²) < 4.78 is 19.3. The molecule has 3 rings (SSSR count). The maximum atomic E-state index is 13.4. The quantitative estimate of drug-likeness (QED) is 0.498. The standard InChI is InChI=1S/C28H35ClFN3O4/c1-31(26(34)20-14-15-23(30)22(29)19-20)17-9-7-12-24-28(36)32(2)16-8-4-10-18-37-25-13-6-5-11-21(25)27(35)33(24)3/h5-6,11,13-15,19,24H,4,7-10,12,16-18H2,1-3H3/t24-/m0/s1. The number of likely N-dealkylation sites (N-methyl/N-ethyl adjacent to an activating group) is 2. The molecule has 3 amide bonds. The number of hydrogen-bond acceptors (Lipinski definition) is 4. The van der Waals surface area contributed by atoms with E-state index in [2.05, 4.69) is 0 Å². The Morgan fingerprint density at radius 3 is 2.62 bits per heavy atom. The fourth-order valence-electron chi connectivity index (χ4n) is 4.40. The number of amides is 3. The minimum absolute atomic E-state index is 0.0974. The van der Waals surface area contributed by atoms with Gasteiger partial charge in [-0.3, -0.25) is 14.4 Å². The molecule has 0 fully saturated rings. The number of carbonyl (C=O) groups excluding carboxylic acids is 3. The average Bonchev–Trinajstić information content (AvgIpc) is 2.90. The Hall–Kier alpha value is -3.13. The van der Waals surface area contributed by atoms with Gasteiger partial charge in [0, 0.05) is 39.8 Å². The van der Waals surface area contributed by atoms with Gasteiger partial charge in [0.25, 0.3) is 11.8 Å². The van der Waals surface area contributed by atoms with Crippen molar-refractivity contribution in [2.45, 2.75) is 44.6 Å².